The third-order valence-corrected chi connectivity index (χ3v) is 4.34. The molecule has 2 fully saturated rings. The van der Waals surface area contributed by atoms with E-state index in [2.05, 4.69) is 25.1 Å². The molecule has 0 radical (unpaired) electrons. The maximum atomic E-state index is 12.9. The Morgan fingerprint density at radius 1 is 1.36 bits per heavy atom. The van der Waals surface area contributed by atoms with Crippen molar-refractivity contribution < 1.29 is 9.13 Å². The topological polar surface area (TPSA) is 79.8 Å². The van der Waals surface area contributed by atoms with Crippen LogP contribution >= 0.6 is 0 Å². The van der Waals surface area contributed by atoms with E-state index in [-0.39, 0.29) is 12.2 Å². The number of aromatic amines is 1. The summed E-state index contributed by atoms with van der Waals surface area (Å²) in [6.07, 6.45) is 4.41. The third kappa shape index (κ3) is 2.43. The second kappa shape index (κ2) is 5.28. The fourth-order valence-corrected chi connectivity index (χ4v) is 3.25. The molecule has 2 aromatic rings. The first-order chi connectivity index (χ1) is 10.7. The van der Waals surface area contributed by atoms with Gasteiger partial charge in [0, 0.05) is 13.1 Å². The minimum Gasteiger partial charge on any atom is -0.365 e. The van der Waals surface area contributed by atoms with Crippen LogP contribution in [0.25, 0.3) is 0 Å². The predicted molar refractivity (Wildman–Crippen MR) is 75.7 cm³/mol. The minimum atomic E-state index is -0.421. The van der Waals surface area contributed by atoms with E-state index < -0.39 is 5.82 Å². The van der Waals surface area contributed by atoms with Gasteiger partial charge in [-0.15, -0.1) is 0 Å². The van der Waals surface area contributed by atoms with Crippen molar-refractivity contribution in [1.82, 2.24) is 25.1 Å². The van der Waals surface area contributed by atoms with E-state index in [1.165, 1.54) is 12.4 Å². The summed E-state index contributed by atoms with van der Waals surface area (Å²) in [4.78, 5) is 14.5. The van der Waals surface area contributed by atoms with Gasteiger partial charge in [0.05, 0.1) is 18.5 Å². The van der Waals surface area contributed by atoms with Gasteiger partial charge in [0.15, 0.2) is 11.6 Å². The van der Waals surface area contributed by atoms with Crippen molar-refractivity contribution in [2.24, 2.45) is 5.92 Å². The molecule has 0 saturated carbocycles. The van der Waals surface area contributed by atoms with Crippen molar-refractivity contribution in [3.63, 3.8) is 0 Å². The quantitative estimate of drug-likeness (QED) is 0.903. The first kappa shape index (κ1) is 13.6. The van der Waals surface area contributed by atoms with Gasteiger partial charge in [-0.1, -0.05) is 0 Å². The molecule has 2 aliphatic rings. The van der Waals surface area contributed by atoms with Gasteiger partial charge in [-0.25, -0.2) is 19.3 Å². The fourth-order valence-electron chi connectivity index (χ4n) is 3.25. The lowest BCUT2D eigenvalue weighted by molar-refractivity contribution is 0.0276. The van der Waals surface area contributed by atoms with Gasteiger partial charge in [0.25, 0.3) is 0 Å². The number of hydrogen-bond acceptors (Lipinski definition) is 6. The highest BCUT2D eigenvalue weighted by Crippen LogP contribution is 2.40. The number of H-pyrrole nitrogens is 1. The summed E-state index contributed by atoms with van der Waals surface area (Å²) in [7, 11) is 0. The smallest absolute Gasteiger partial charge is 0.225 e. The number of piperidine rings is 1. The van der Waals surface area contributed by atoms with Gasteiger partial charge >= 0.3 is 0 Å². The van der Waals surface area contributed by atoms with Gasteiger partial charge in [0.1, 0.15) is 11.9 Å². The van der Waals surface area contributed by atoms with Crippen LogP contribution < -0.4 is 4.90 Å². The summed E-state index contributed by atoms with van der Waals surface area (Å²) in [5, 5.41) is 7.06. The Hall–Kier alpha value is -2.09. The number of anilines is 1. The average Bonchev–Trinajstić information content (AvgIpc) is 3.13. The third-order valence-electron chi connectivity index (χ3n) is 4.34. The van der Waals surface area contributed by atoms with Crippen molar-refractivity contribution in [2.45, 2.75) is 32.0 Å². The summed E-state index contributed by atoms with van der Waals surface area (Å²) >= 11 is 0. The summed E-state index contributed by atoms with van der Waals surface area (Å²) < 4.78 is 19.0. The minimum absolute atomic E-state index is 0.0472. The molecule has 0 aliphatic carbocycles. The monoisotopic (exact) mass is 304 g/mol. The predicted octanol–water partition coefficient (Wildman–Crippen LogP) is 1.40. The molecule has 7 nitrogen and oxygen atoms in total. The number of ether oxygens (including phenoxy) is 1. The summed E-state index contributed by atoms with van der Waals surface area (Å²) in [6, 6.07) is 0. The van der Waals surface area contributed by atoms with Crippen LogP contribution in [0.4, 0.5) is 10.3 Å². The molecule has 2 saturated heterocycles. The molecule has 3 atom stereocenters. The van der Waals surface area contributed by atoms with Crippen molar-refractivity contribution in [1.29, 1.82) is 0 Å². The molecule has 0 unspecified atom stereocenters. The number of halogens is 1. The van der Waals surface area contributed by atoms with E-state index in [0.717, 1.165) is 37.6 Å². The molecule has 1 N–H and O–H groups in total. The van der Waals surface area contributed by atoms with E-state index in [1.54, 1.807) is 0 Å². The van der Waals surface area contributed by atoms with Crippen LogP contribution in [-0.2, 0) is 4.74 Å². The zero-order valence-corrected chi connectivity index (χ0v) is 12.2. The Bertz CT molecular complexity index is 660. The molecule has 2 aliphatic heterocycles. The van der Waals surface area contributed by atoms with Crippen molar-refractivity contribution in [2.75, 3.05) is 18.0 Å². The number of aryl methyl sites for hydroxylation is 1. The molecule has 4 heterocycles. The first-order valence-electron chi connectivity index (χ1n) is 7.46. The largest absolute Gasteiger partial charge is 0.365 e. The molecule has 22 heavy (non-hydrogen) atoms. The number of rotatable bonds is 2. The molecule has 2 aromatic heterocycles. The van der Waals surface area contributed by atoms with Crippen LogP contribution in [0.3, 0.4) is 0 Å². The second-order valence-corrected chi connectivity index (χ2v) is 5.87. The molecule has 0 amide bonds. The fraction of sp³-hybridized carbons (Fsp3) is 0.571. The van der Waals surface area contributed by atoms with Gasteiger partial charge in [-0.2, -0.15) is 5.10 Å². The summed E-state index contributed by atoms with van der Waals surface area (Å²) in [5.41, 5.74) is 0. The van der Waals surface area contributed by atoms with Gasteiger partial charge in [0.2, 0.25) is 5.95 Å². The Morgan fingerprint density at radius 3 is 2.91 bits per heavy atom. The van der Waals surface area contributed by atoms with Crippen LogP contribution in [0.1, 0.15) is 30.6 Å². The first-order valence-corrected chi connectivity index (χ1v) is 7.46. The zero-order valence-electron chi connectivity index (χ0n) is 12.2. The van der Waals surface area contributed by atoms with E-state index in [1.807, 2.05) is 11.8 Å². The molecular weight excluding hydrogens is 287 g/mol. The Balaban J connectivity index is 1.46. The number of nitrogens with zero attached hydrogens (tertiary/aromatic N) is 5. The van der Waals surface area contributed by atoms with Crippen molar-refractivity contribution in [3.8, 4) is 0 Å². The van der Waals surface area contributed by atoms with E-state index in [9.17, 15) is 4.39 Å². The maximum Gasteiger partial charge on any atom is 0.225 e. The SMILES string of the molecule is Cc1nc([C@H]2C[C@@H]3CCN(c4ncc(F)cn4)C[C@H]3O2)n[nH]1. The second-order valence-electron chi connectivity index (χ2n) is 5.87. The van der Waals surface area contributed by atoms with E-state index >= 15 is 0 Å². The lowest BCUT2D eigenvalue weighted by Crippen LogP contribution is -2.43. The Kier molecular flexibility index (Phi) is 3.25. The molecule has 0 aromatic carbocycles. The summed E-state index contributed by atoms with van der Waals surface area (Å²) in [6.45, 7) is 3.46. The highest BCUT2D eigenvalue weighted by Gasteiger charge is 2.41. The van der Waals surface area contributed by atoms with Crippen molar-refractivity contribution >= 4 is 5.95 Å². The van der Waals surface area contributed by atoms with Gasteiger partial charge in [-0.3, -0.25) is 5.10 Å². The lowest BCUT2D eigenvalue weighted by atomic mass is 9.92. The highest BCUT2D eigenvalue weighted by atomic mass is 19.1. The highest BCUT2D eigenvalue weighted by molar-refractivity contribution is 5.30. The lowest BCUT2D eigenvalue weighted by Gasteiger charge is -2.33. The van der Waals surface area contributed by atoms with Crippen LogP contribution in [0.5, 0.6) is 0 Å². The average molecular weight is 304 g/mol. The standard InChI is InChI=1S/C14H17FN6O/c1-8-18-13(20-19-8)11-4-9-2-3-21(7-12(9)22-11)14-16-5-10(15)6-17-14/h5-6,9,11-12H,2-4,7H2,1H3,(H,18,19,20)/t9-,11+,12+/m0/s1. The number of nitrogens with one attached hydrogen (secondary N) is 1. The number of aromatic nitrogens is 5. The van der Waals surface area contributed by atoms with E-state index in [4.69, 9.17) is 4.74 Å². The Morgan fingerprint density at radius 2 is 2.18 bits per heavy atom. The molecule has 116 valence electrons. The molecule has 0 spiro atoms. The number of hydrogen-bond donors (Lipinski definition) is 1. The summed E-state index contributed by atoms with van der Waals surface area (Å²) in [5.74, 6) is 2.17. The molecule has 8 heteroatoms. The number of fused-ring (bicyclic) bond motifs is 1. The zero-order chi connectivity index (χ0) is 15.1. The van der Waals surface area contributed by atoms with Gasteiger partial charge < -0.3 is 9.64 Å². The van der Waals surface area contributed by atoms with E-state index in [0.29, 0.717) is 11.9 Å². The molecule has 4 rings (SSSR count). The van der Waals surface area contributed by atoms with Crippen molar-refractivity contribution in [3.05, 3.63) is 29.9 Å². The maximum absolute atomic E-state index is 12.9. The Labute approximate surface area is 126 Å². The van der Waals surface area contributed by atoms with Crippen LogP contribution in [0, 0.1) is 18.7 Å². The molecular formula is C14H17FN6O. The normalized spacial score (nSPS) is 27.9. The van der Waals surface area contributed by atoms with Crippen LogP contribution in [0.2, 0.25) is 0 Å². The van der Waals surface area contributed by atoms with Crippen LogP contribution in [-0.4, -0.2) is 44.3 Å². The molecule has 0 bridgehead atoms. The van der Waals surface area contributed by atoms with Crippen LogP contribution in [0.15, 0.2) is 12.4 Å². The van der Waals surface area contributed by atoms with Gasteiger partial charge in [-0.05, 0) is 25.7 Å².